The third kappa shape index (κ3) is 5.80. The van der Waals surface area contributed by atoms with Crippen LogP contribution in [0.1, 0.15) is 32.4 Å². The maximum absolute atomic E-state index is 11.9. The first-order valence-electron chi connectivity index (χ1n) is 7.75. The highest BCUT2D eigenvalue weighted by Crippen LogP contribution is 2.21. The Balaban J connectivity index is 2.55. The van der Waals surface area contributed by atoms with Gasteiger partial charge in [-0.05, 0) is 48.0 Å². The van der Waals surface area contributed by atoms with Crippen molar-refractivity contribution >= 4 is 30.0 Å². The van der Waals surface area contributed by atoms with Crippen molar-refractivity contribution in [2.75, 3.05) is 6.61 Å². The van der Waals surface area contributed by atoms with Crippen LogP contribution in [0.5, 0.6) is 0 Å². The molecule has 1 atom stereocenters. The number of halogens is 1. The summed E-state index contributed by atoms with van der Waals surface area (Å²) in [6.45, 7) is 6.52. The van der Waals surface area contributed by atoms with Crippen LogP contribution in [0.15, 0.2) is 40.9 Å². The lowest BCUT2D eigenvalue weighted by Gasteiger charge is -2.27. The van der Waals surface area contributed by atoms with Crippen LogP contribution in [0.4, 0.5) is 0 Å². The molecule has 0 aliphatic carbocycles. The first-order chi connectivity index (χ1) is 10.5. The normalized spacial score (nSPS) is 13.5. The topological polar surface area (TPSA) is 46.5 Å². The van der Waals surface area contributed by atoms with E-state index in [1.54, 1.807) is 0 Å². The lowest BCUT2D eigenvalue weighted by Crippen LogP contribution is -2.37. The maximum Gasteiger partial charge on any atom is 0.192 e. The van der Waals surface area contributed by atoms with E-state index in [4.69, 9.17) is 4.43 Å². The molecule has 0 aliphatic rings. The molecule has 0 amide bonds. The third-order valence-electron chi connectivity index (χ3n) is 4.13. The van der Waals surface area contributed by atoms with E-state index < -0.39 is 14.4 Å². The highest BCUT2D eigenvalue weighted by molar-refractivity contribution is 9.10. The van der Waals surface area contributed by atoms with Gasteiger partial charge in [0.1, 0.15) is 0 Å². The molecule has 1 rings (SSSR count). The number of hydrogen-bond acceptors (Lipinski definition) is 3. The zero-order valence-corrected chi connectivity index (χ0v) is 16.1. The number of rotatable bonds is 9. The largest absolute Gasteiger partial charge is 0.409 e. The van der Waals surface area contributed by atoms with Crippen molar-refractivity contribution in [3.05, 3.63) is 46.5 Å². The predicted molar refractivity (Wildman–Crippen MR) is 96.4 cm³/mol. The summed E-state index contributed by atoms with van der Waals surface area (Å²) < 4.78 is 6.90. The maximum atomic E-state index is 11.9. The summed E-state index contributed by atoms with van der Waals surface area (Å²) in [5.41, 5.74) is 0.757. The van der Waals surface area contributed by atoms with Crippen LogP contribution in [0.3, 0.4) is 0 Å². The van der Waals surface area contributed by atoms with Gasteiger partial charge in [-0.2, -0.15) is 0 Å². The molecule has 0 saturated heterocycles. The number of benzene rings is 1. The van der Waals surface area contributed by atoms with Gasteiger partial charge in [0.2, 0.25) is 0 Å². The van der Waals surface area contributed by atoms with Crippen LogP contribution in [0, 0.1) is 0 Å². The second-order valence-electron chi connectivity index (χ2n) is 5.35. The molecule has 1 N–H and O–H groups in total. The molecule has 0 radical (unpaired) electrons. The van der Waals surface area contributed by atoms with Crippen molar-refractivity contribution in [1.29, 1.82) is 0 Å². The lowest BCUT2D eigenvalue weighted by molar-refractivity contribution is -0.116. The SMILES string of the molecule is CC[Si](CC)(CC)OCC(=O)/C=C/C(O)c1ccc(Br)cc1. The molecule has 1 aromatic carbocycles. The summed E-state index contributed by atoms with van der Waals surface area (Å²) in [5, 5.41) is 10.0. The minimum Gasteiger partial charge on any atom is -0.409 e. The number of carbonyl (C=O) groups excluding carboxylic acids is 1. The number of aliphatic hydroxyl groups excluding tert-OH is 1. The van der Waals surface area contributed by atoms with Gasteiger partial charge < -0.3 is 9.53 Å². The average Bonchev–Trinajstić information content (AvgIpc) is 2.55. The van der Waals surface area contributed by atoms with E-state index in [2.05, 4.69) is 36.7 Å². The highest BCUT2D eigenvalue weighted by Gasteiger charge is 2.29. The molecule has 1 unspecified atom stereocenters. The van der Waals surface area contributed by atoms with Crippen molar-refractivity contribution in [3.8, 4) is 0 Å². The van der Waals surface area contributed by atoms with E-state index >= 15 is 0 Å². The average molecular weight is 385 g/mol. The minimum absolute atomic E-state index is 0.0941. The van der Waals surface area contributed by atoms with E-state index in [9.17, 15) is 9.90 Å². The number of hydrogen-bond donors (Lipinski definition) is 1. The minimum atomic E-state index is -1.73. The molecule has 0 fully saturated rings. The fraction of sp³-hybridized carbons (Fsp3) is 0.471. The van der Waals surface area contributed by atoms with E-state index in [-0.39, 0.29) is 12.4 Å². The van der Waals surface area contributed by atoms with Gasteiger partial charge >= 0.3 is 0 Å². The molecule has 3 nitrogen and oxygen atoms in total. The Morgan fingerprint density at radius 2 is 1.77 bits per heavy atom. The Bertz CT molecular complexity index is 487. The summed E-state index contributed by atoms with van der Waals surface area (Å²) in [6.07, 6.45) is 2.16. The fourth-order valence-electron chi connectivity index (χ4n) is 2.30. The van der Waals surface area contributed by atoms with Crippen LogP contribution < -0.4 is 0 Å². The Morgan fingerprint density at radius 3 is 2.27 bits per heavy atom. The summed E-state index contributed by atoms with van der Waals surface area (Å²) >= 11 is 3.35. The van der Waals surface area contributed by atoms with E-state index in [0.717, 1.165) is 28.2 Å². The van der Waals surface area contributed by atoms with Crippen LogP contribution in [-0.4, -0.2) is 25.8 Å². The number of aliphatic hydroxyl groups is 1. The zero-order chi connectivity index (χ0) is 16.6. The van der Waals surface area contributed by atoms with Crippen LogP contribution in [-0.2, 0) is 9.22 Å². The van der Waals surface area contributed by atoms with Gasteiger partial charge in [-0.3, -0.25) is 4.79 Å². The molecular formula is C17H25BrO3Si. The monoisotopic (exact) mass is 384 g/mol. The van der Waals surface area contributed by atoms with Crippen molar-refractivity contribution in [1.82, 2.24) is 0 Å². The quantitative estimate of drug-likeness (QED) is 0.498. The molecule has 0 heterocycles. The van der Waals surface area contributed by atoms with Gasteiger partial charge in [-0.1, -0.05) is 48.8 Å². The second kappa shape index (κ2) is 9.40. The second-order valence-corrected chi connectivity index (χ2v) is 11.0. The van der Waals surface area contributed by atoms with E-state index in [1.165, 1.54) is 12.2 Å². The molecule has 0 aliphatic heterocycles. The third-order valence-corrected chi connectivity index (χ3v) is 9.28. The van der Waals surface area contributed by atoms with Crippen molar-refractivity contribution in [3.63, 3.8) is 0 Å². The van der Waals surface area contributed by atoms with Crippen molar-refractivity contribution in [2.24, 2.45) is 0 Å². The molecule has 0 spiro atoms. The first-order valence-corrected chi connectivity index (χ1v) is 11.1. The van der Waals surface area contributed by atoms with Gasteiger partial charge in [-0.15, -0.1) is 0 Å². The Morgan fingerprint density at radius 1 is 1.23 bits per heavy atom. The Hall–Kier alpha value is -0.753. The summed E-state index contributed by atoms with van der Waals surface area (Å²) in [4.78, 5) is 11.9. The molecule has 122 valence electrons. The summed E-state index contributed by atoms with van der Waals surface area (Å²) in [6, 6.07) is 10.4. The first kappa shape index (κ1) is 19.3. The molecular weight excluding hydrogens is 360 g/mol. The summed E-state index contributed by atoms with van der Waals surface area (Å²) in [7, 11) is -1.73. The zero-order valence-electron chi connectivity index (χ0n) is 13.5. The Kier molecular flexibility index (Phi) is 8.24. The highest BCUT2D eigenvalue weighted by atomic mass is 79.9. The van der Waals surface area contributed by atoms with Gasteiger partial charge in [0.25, 0.3) is 0 Å². The molecule has 22 heavy (non-hydrogen) atoms. The van der Waals surface area contributed by atoms with Gasteiger partial charge in [0.15, 0.2) is 14.1 Å². The molecule has 0 bridgehead atoms. The molecule has 5 heteroatoms. The standard InChI is InChI=1S/C17H25BrO3Si/c1-4-22(5-2,6-3)21-13-16(19)11-12-17(20)14-7-9-15(18)10-8-14/h7-12,17,20H,4-6,13H2,1-3H3/b12-11+. The van der Waals surface area contributed by atoms with Crippen LogP contribution in [0.25, 0.3) is 0 Å². The molecule has 0 saturated carbocycles. The van der Waals surface area contributed by atoms with E-state index in [0.29, 0.717) is 0 Å². The van der Waals surface area contributed by atoms with Crippen LogP contribution in [0.2, 0.25) is 18.1 Å². The molecule has 0 aromatic heterocycles. The smallest absolute Gasteiger partial charge is 0.192 e. The Labute approximate surface area is 142 Å². The van der Waals surface area contributed by atoms with Crippen molar-refractivity contribution < 1.29 is 14.3 Å². The van der Waals surface area contributed by atoms with E-state index in [1.807, 2.05) is 24.3 Å². The lowest BCUT2D eigenvalue weighted by atomic mass is 10.1. The van der Waals surface area contributed by atoms with Gasteiger partial charge in [0.05, 0.1) is 12.7 Å². The van der Waals surface area contributed by atoms with Crippen molar-refractivity contribution in [2.45, 2.75) is 45.0 Å². The number of carbonyl (C=O) groups is 1. The molecule has 1 aromatic rings. The van der Waals surface area contributed by atoms with Gasteiger partial charge in [-0.25, -0.2) is 0 Å². The van der Waals surface area contributed by atoms with Gasteiger partial charge in [0, 0.05) is 4.47 Å². The van der Waals surface area contributed by atoms with Crippen LogP contribution >= 0.6 is 15.9 Å². The fourth-order valence-corrected chi connectivity index (χ4v) is 5.12. The predicted octanol–water partition coefficient (Wildman–Crippen LogP) is 4.63. The number of ketones is 1. The summed E-state index contributed by atoms with van der Waals surface area (Å²) in [5.74, 6) is -0.0941.